The van der Waals surface area contributed by atoms with E-state index < -0.39 is 0 Å². The molecule has 0 amide bonds. The molecule has 2 rings (SSSR count). The van der Waals surface area contributed by atoms with Crippen molar-refractivity contribution in [2.24, 2.45) is 0 Å². The molecule has 0 bridgehead atoms. The zero-order valence-corrected chi connectivity index (χ0v) is 11.6. The highest BCUT2D eigenvalue weighted by atomic mass is 15.1. The van der Waals surface area contributed by atoms with Crippen molar-refractivity contribution < 1.29 is 0 Å². The third kappa shape index (κ3) is 3.98. The van der Waals surface area contributed by atoms with Crippen molar-refractivity contribution in [1.29, 1.82) is 0 Å². The summed E-state index contributed by atoms with van der Waals surface area (Å²) in [5.41, 5.74) is 7.91. The first-order valence-electron chi connectivity index (χ1n) is 6.59. The van der Waals surface area contributed by atoms with E-state index in [-0.39, 0.29) is 5.54 Å². The van der Waals surface area contributed by atoms with E-state index in [1.165, 1.54) is 5.56 Å². The maximum atomic E-state index is 5.91. The second kappa shape index (κ2) is 5.74. The lowest BCUT2D eigenvalue weighted by atomic mass is 9.95. The van der Waals surface area contributed by atoms with Gasteiger partial charge in [-0.05, 0) is 44.4 Å². The van der Waals surface area contributed by atoms with Gasteiger partial charge in [0.05, 0.1) is 5.69 Å². The van der Waals surface area contributed by atoms with E-state index in [1.807, 2.05) is 18.2 Å². The molecule has 1 aromatic carbocycles. The summed E-state index contributed by atoms with van der Waals surface area (Å²) in [5.74, 6) is 0.764. The van der Waals surface area contributed by atoms with Crippen LogP contribution in [0.2, 0.25) is 0 Å². The van der Waals surface area contributed by atoms with Crippen molar-refractivity contribution in [1.82, 2.24) is 4.98 Å². The van der Waals surface area contributed by atoms with Crippen molar-refractivity contribution in [3.8, 4) is 0 Å². The summed E-state index contributed by atoms with van der Waals surface area (Å²) >= 11 is 0. The zero-order chi connectivity index (χ0) is 13.7. The summed E-state index contributed by atoms with van der Waals surface area (Å²) in [6.07, 6.45) is 3.81. The minimum Gasteiger partial charge on any atom is -0.396 e. The van der Waals surface area contributed by atoms with Crippen LogP contribution < -0.4 is 11.1 Å². The van der Waals surface area contributed by atoms with Crippen LogP contribution in [0, 0.1) is 0 Å². The summed E-state index contributed by atoms with van der Waals surface area (Å²) in [5, 5.41) is 3.42. The topological polar surface area (TPSA) is 50.9 Å². The second-order valence-corrected chi connectivity index (χ2v) is 5.44. The first-order valence-corrected chi connectivity index (χ1v) is 6.59. The van der Waals surface area contributed by atoms with E-state index in [0.717, 1.165) is 18.7 Å². The first kappa shape index (κ1) is 13.4. The molecule has 0 aliphatic carbocycles. The van der Waals surface area contributed by atoms with Crippen molar-refractivity contribution in [3.05, 3.63) is 54.2 Å². The predicted octanol–water partition coefficient (Wildman–Crippen LogP) is 3.49. The number of hydrogen-bond donors (Lipinski definition) is 2. The maximum Gasteiger partial charge on any atom is 0.149 e. The summed E-state index contributed by atoms with van der Waals surface area (Å²) in [7, 11) is 0. The fraction of sp³-hybridized carbons (Fsp3) is 0.312. The standard InChI is InChI=1S/C16H21N3/c1-16(2,11-10-13-7-4-3-5-8-13)19-15-14(17)9-6-12-18-15/h3-9,12H,10-11,17H2,1-2H3,(H,18,19). The van der Waals surface area contributed by atoms with Gasteiger partial charge in [0.2, 0.25) is 0 Å². The molecule has 0 saturated carbocycles. The van der Waals surface area contributed by atoms with Gasteiger partial charge in [-0.3, -0.25) is 0 Å². The Morgan fingerprint density at radius 3 is 2.53 bits per heavy atom. The minimum atomic E-state index is -0.0433. The van der Waals surface area contributed by atoms with Crippen LogP contribution in [0.4, 0.5) is 11.5 Å². The number of hydrogen-bond acceptors (Lipinski definition) is 3. The van der Waals surface area contributed by atoms with Crippen LogP contribution in [0.15, 0.2) is 48.7 Å². The van der Waals surface area contributed by atoms with E-state index in [2.05, 4.69) is 48.4 Å². The molecule has 0 spiro atoms. The molecule has 100 valence electrons. The first-order chi connectivity index (χ1) is 9.07. The van der Waals surface area contributed by atoms with Crippen LogP contribution in [0.5, 0.6) is 0 Å². The van der Waals surface area contributed by atoms with E-state index in [4.69, 9.17) is 5.73 Å². The Morgan fingerprint density at radius 1 is 1.11 bits per heavy atom. The van der Waals surface area contributed by atoms with Gasteiger partial charge in [-0.25, -0.2) is 4.98 Å². The van der Waals surface area contributed by atoms with Gasteiger partial charge in [0, 0.05) is 11.7 Å². The third-order valence-electron chi connectivity index (χ3n) is 3.18. The lowest BCUT2D eigenvalue weighted by Gasteiger charge is -2.27. The second-order valence-electron chi connectivity index (χ2n) is 5.44. The fourth-order valence-corrected chi connectivity index (χ4v) is 2.01. The van der Waals surface area contributed by atoms with Gasteiger partial charge >= 0.3 is 0 Å². The molecule has 0 atom stereocenters. The van der Waals surface area contributed by atoms with Gasteiger partial charge in [-0.15, -0.1) is 0 Å². The Morgan fingerprint density at radius 2 is 1.84 bits per heavy atom. The molecule has 0 unspecified atom stereocenters. The highest BCUT2D eigenvalue weighted by molar-refractivity contribution is 5.61. The van der Waals surface area contributed by atoms with Gasteiger partial charge in [-0.2, -0.15) is 0 Å². The molecule has 1 heterocycles. The van der Waals surface area contributed by atoms with E-state index in [1.54, 1.807) is 6.20 Å². The number of aromatic nitrogens is 1. The minimum absolute atomic E-state index is 0.0433. The summed E-state index contributed by atoms with van der Waals surface area (Å²) in [6.45, 7) is 4.34. The van der Waals surface area contributed by atoms with Gasteiger partial charge in [0.15, 0.2) is 0 Å². The maximum absolute atomic E-state index is 5.91. The number of anilines is 2. The van der Waals surface area contributed by atoms with Crippen molar-refractivity contribution in [2.45, 2.75) is 32.2 Å². The van der Waals surface area contributed by atoms with Crippen molar-refractivity contribution >= 4 is 11.5 Å². The Balaban J connectivity index is 1.97. The van der Waals surface area contributed by atoms with Crippen LogP contribution in [0.1, 0.15) is 25.8 Å². The molecule has 2 aromatic rings. The van der Waals surface area contributed by atoms with Gasteiger partial charge < -0.3 is 11.1 Å². The molecule has 0 radical (unpaired) electrons. The Bertz CT molecular complexity index is 521. The number of rotatable bonds is 5. The molecule has 0 aliphatic rings. The Labute approximate surface area is 114 Å². The van der Waals surface area contributed by atoms with Crippen LogP contribution in [0.25, 0.3) is 0 Å². The number of aryl methyl sites for hydroxylation is 1. The summed E-state index contributed by atoms with van der Waals surface area (Å²) in [4.78, 5) is 4.28. The molecule has 1 aromatic heterocycles. The van der Waals surface area contributed by atoms with Crippen molar-refractivity contribution in [2.75, 3.05) is 11.1 Å². The lowest BCUT2D eigenvalue weighted by molar-refractivity contribution is 0.517. The molecular weight excluding hydrogens is 234 g/mol. The summed E-state index contributed by atoms with van der Waals surface area (Å²) < 4.78 is 0. The normalized spacial score (nSPS) is 11.3. The predicted molar refractivity (Wildman–Crippen MR) is 81.1 cm³/mol. The quantitative estimate of drug-likeness (QED) is 0.860. The average molecular weight is 255 g/mol. The molecule has 3 nitrogen and oxygen atoms in total. The monoisotopic (exact) mass is 255 g/mol. The number of pyridine rings is 1. The van der Waals surface area contributed by atoms with Gasteiger partial charge in [-0.1, -0.05) is 30.3 Å². The van der Waals surface area contributed by atoms with Crippen LogP contribution in [-0.2, 0) is 6.42 Å². The van der Waals surface area contributed by atoms with Crippen LogP contribution in [0.3, 0.4) is 0 Å². The average Bonchev–Trinajstić information content (AvgIpc) is 2.40. The molecule has 0 fully saturated rings. The number of benzene rings is 1. The number of nitrogens with two attached hydrogens (primary N) is 1. The number of nitrogens with one attached hydrogen (secondary N) is 1. The Hall–Kier alpha value is -2.03. The molecule has 0 aliphatic heterocycles. The SMILES string of the molecule is CC(C)(CCc1ccccc1)Nc1ncccc1N. The Kier molecular flexibility index (Phi) is 4.05. The van der Waals surface area contributed by atoms with Gasteiger partial charge in [0.1, 0.15) is 5.82 Å². The molecular formula is C16H21N3. The number of nitrogens with zero attached hydrogens (tertiary/aromatic N) is 1. The van der Waals surface area contributed by atoms with Crippen molar-refractivity contribution in [3.63, 3.8) is 0 Å². The largest absolute Gasteiger partial charge is 0.396 e. The zero-order valence-electron chi connectivity index (χ0n) is 11.6. The molecule has 3 heteroatoms. The van der Waals surface area contributed by atoms with E-state index in [9.17, 15) is 0 Å². The van der Waals surface area contributed by atoms with E-state index >= 15 is 0 Å². The molecule has 19 heavy (non-hydrogen) atoms. The lowest BCUT2D eigenvalue weighted by Crippen LogP contribution is -2.32. The van der Waals surface area contributed by atoms with Gasteiger partial charge in [0.25, 0.3) is 0 Å². The van der Waals surface area contributed by atoms with E-state index in [0.29, 0.717) is 5.69 Å². The highest BCUT2D eigenvalue weighted by Crippen LogP contribution is 2.22. The van der Waals surface area contributed by atoms with Crippen LogP contribution in [-0.4, -0.2) is 10.5 Å². The highest BCUT2D eigenvalue weighted by Gasteiger charge is 2.18. The third-order valence-corrected chi connectivity index (χ3v) is 3.18. The number of nitrogen functional groups attached to an aromatic ring is 1. The molecule has 0 saturated heterocycles. The molecule has 3 N–H and O–H groups in total. The fourth-order valence-electron chi connectivity index (χ4n) is 2.01. The summed E-state index contributed by atoms with van der Waals surface area (Å²) in [6, 6.07) is 14.2. The van der Waals surface area contributed by atoms with Crippen LogP contribution >= 0.6 is 0 Å². The smallest absolute Gasteiger partial charge is 0.149 e.